The number of carbonyl (C=O) groups is 3. The second-order valence-corrected chi connectivity index (χ2v) is 7.22. The molecule has 0 aromatic heterocycles. The van der Waals surface area contributed by atoms with Crippen molar-refractivity contribution in [2.24, 2.45) is 0 Å². The molecule has 2 atom stereocenters. The van der Waals surface area contributed by atoms with Crippen molar-refractivity contribution in [2.75, 3.05) is 25.1 Å². The summed E-state index contributed by atoms with van der Waals surface area (Å²) < 4.78 is 24.9. The van der Waals surface area contributed by atoms with Gasteiger partial charge >= 0.3 is 12.1 Å². The fraction of sp³-hybridized carbons (Fsp3) is 0.450. The second kappa shape index (κ2) is 7.26. The molecule has 28 heavy (non-hydrogen) atoms. The van der Waals surface area contributed by atoms with Gasteiger partial charge in [0.1, 0.15) is 11.9 Å². The molecule has 1 fully saturated rings. The van der Waals surface area contributed by atoms with Gasteiger partial charge in [-0.1, -0.05) is 6.08 Å². The Morgan fingerprint density at radius 1 is 1.43 bits per heavy atom. The number of amides is 2. The number of hydrogen-bond acceptors (Lipinski definition) is 5. The molecule has 1 aromatic carbocycles. The van der Waals surface area contributed by atoms with Crippen LogP contribution in [0.15, 0.2) is 18.2 Å². The summed E-state index contributed by atoms with van der Waals surface area (Å²) in [5.41, 5.74) is 2.81. The molecule has 3 aliphatic heterocycles. The number of cyclic esters (lactones) is 1. The maximum atomic E-state index is 14.8. The number of rotatable bonds is 5. The van der Waals surface area contributed by atoms with Crippen LogP contribution in [0.5, 0.6) is 0 Å². The molecule has 3 aliphatic rings. The Morgan fingerprint density at radius 3 is 2.93 bits per heavy atom. The first kappa shape index (κ1) is 18.5. The summed E-state index contributed by atoms with van der Waals surface area (Å²) in [6.07, 6.45) is 3.39. The summed E-state index contributed by atoms with van der Waals surface area (Å²) in [6.45, 7) is 1.02. The number of carbonyl (C=O) groups excluding carboxylic acids is 3. The number of nitrogens with zero attached hydrogens (tertiary/aromatic N) is 2. The van der Waals surface area contributed by atoms with Gasteiger partial charge in [0.05, 0.1) is 18.8 Å². The Balaban J connectivity index is 1.57. The van der Waals surface area contributed by atoms with Gasteiger partial charge in [-0.3, -0.25) is 14.5 Å². The van der Waals surface area contributed by atoms with Gasteiger partial charge in [-0.05, 0) is 42.5 Å². The summed E-state index contributed by atoms with van der Waals surface area (Å²) in [6, 6.07) is 2.95. The number of halogens is 1. The summed E-state index contributed by atoms with van der Waals surface area (Å²) in [4.78, 5) is 37.7. The highest BCUT2D eigenvalue weighted by atomic mass is 19.1. The van der Waals surface area contributed by atoms with Gasteiger partial charge < -0.3 is 14.4 Å². The molecule has 0 saturated carbocycles. The summed E-state index contributed by atoms with van der Waals surface area (Å²) in [5, 5.41) is 0. The van der Waals surface area contributed by atoms with Gasteiger partial charge in [-0.25, -0.2) is 9.18 Å². The third-order valence-electron chi connectivity index (χ3n) is 5.66. The fourth-order valence-electron chi connectivity index (χ4n) is 4.17. The molecule has 0 spiro atoms. The summed E-state index contributed by atoms with van der Waals surface area (Å²) >= 11 is 0. The lowest BCUT2D eigenvalue weighted by molar-refractivity contribution is -0.141. The van der Waals surface area contributed by atoms with E-state index in [9.17, 15) is 18.8 Å². The zero-order valence-corrected chi connectivity index (χ0v) is 15.5. The first-order valence-corrected chi connectivity index (χ1v) is 9.29. The number of benzene rings is 1. The lowest BCUT2D eigenvalue weighted by atomic mass is 9.95. The first-order chi connectivity index (χ1) is 13.5. The molecule has 1 saturated heterocycles. The Bertz CT molecular complexity index is 868. The van der Waals surface area contributed by atoms with Crippen LogP contribution < -0.4 is 4.90 Å². The van der Waals surface area contributed by atoms with Crippen LogP contribution in [-0.4, -0.2) is 55.7 Å². The molecule has 7 nitrogen and oxygen atoms in total. The quantitative estimate of drug-likeness (QED) is 0.571. The average molecular weight is 388 g/mol. The third kappa shape index (κ3) is 3.12. The largest absolute Gasteiger partial charge is 0.469 e. The van der Waals surface area contributed by atoms with E-state index in [0.717, 1.165) is 17.5 Å². The number of ether oxygens (including phenoxy) is 2. The molecular formula is C20H21FN2O5. The lowest BCUT2D eigenvalue weighted by Crippen LogP contribution is -2.33. The number of hydrogen-bond donors (Lipinski definition) is 0. The molecule has 8 heteroatoms. The first-order valence-electron chi connectivity index (χ1n) is 9.29. The zero-order valence-electron chi connectivity index (χ0n) is 15.5. The Morgan fingerprint density at radius 2 is 2.25 bits per heavy atom. The molecule has 148 valence electrons. The fourth-order valence-corrected chi connectivity index (χ4v) is 4.17. The summed E-state index contributed by atoms with van der Waals surface area (Å²) in [7, 11) is 1.32. The van der Waals surface area contributed by atoms with Crippen molar-refractivity contribution in [3.05, 3.63) is 35.2 Å². The highest BCUT2D eigenvalue weighted by Crippen LogP contribution is 2.42. The van der Waals surface area contributed by atoms with Crippen molar-refractivity contribution in [3.63, 3.8) is 0 Å². The standard InChI is InChI=1S/C20H21FN2O5/c1-27-19(25)3-2-18-17-9-13-8-14(12-4-6-22(11-24)7-5-12)15(21)10-16(13)23(17)20(26)28-18/h4,8,10-11,17-18H,2-3,5-7,9H2,1H3/t17-,18-/m0/s1. The highest BCUT2D eigenvalue weighted by molar-refractivity contribution is 5.94. The van der Waals surface area contributed by atoms with Crippen molar-refractivity contribution < 1.29 is 28.2 Å². The maximum Gasteiger partial charge on any atom is 0.415 e. The Kier molecular flexibility index (Phi) is 4.78. The predicted molar refractivity (Wildman–Crippen MR) is 98.1 cm³/mol. The molecule has 0 unspecified atom stereocenters. The van der Waals surface area contributed by atoms with Gasteiger partial charge in [0.15, 0.2) is 0 Å². The van der Waals surface area contributed by atoms with E-state index in [1.165, 1.54) is 18.1 Å². The molecule has 2 amide bonds. The highest BCUT2D eigenvalue weighted by Gasteiger charge is 2.47. The number of esters is 1. The van der Waals surface area contributed by atoms with Crippen LogP contribution >= 0.6 is 0 Å². The molecular weight excluding hydrogens is 367 g/mol. The maximum absolute atomic E-state index is 14.8. The van der Waals surface area contributed by atoms with Gasteiger partial charge in [0.2, 0.25) is 6.41 Å². The van der Waals surface area contributed by atoms with Crippen molar-refractivity contribution in [3.8, 4) is 0 Å². The van der Waals surface area contributed by atoms with E-state index < -0.39 is 18.0 Å². The molecule has 0 aliphatic carbocycles. The van der Waals surface area contributed by atoms with E-state index in [4.69, 9.17) is 4.74 Å². The predicted octanol–water partition coefficient (Wildman–Crippen LogP) is 2.27. The summed E-state index contributed by atoms with van der Waals surface area (Å²) in [5.74, 6) is -0.747. The average Bonchev–Trinajstić information content (AvgIpc) is 3.22. The topological polar surface area (TPSA) is 76.2 Å². The van der Waals surface area contributed by atoms with Crippen LogP contribution in [0.2, 0.25) is 0 Å². The van der Waals surface area contributed by atoms with E-state index in [0.29, 0.717) is 43.6 Å². The second-order valence-electron chi connectivity index (χ2n) is 7.22. The minimum Gasteiger partial charge on any atom is -0.469 e. The smallest absolute Gasteiger partial charge is 0.415 e. The van der Waals surface area contributed by atoms with Gasteiger partial charge in [-0.2, -0.15) is 0 Å². The van der Waals surface area contributed by atoms with E-state index in [1.807, 2.05) is 6.08 Å². The van der Waals surface area contributed by atoms with Crippen LogP contribution in [0.1, 0.15) is 30.4 Å². The Labute approximate surface area is 161 Å². The van der Waals surface area contributed by atoms with Crippen LogP contribution in [0.4, 0.5) is 14.9 Å². The van der Waals surface area contributed by atoms with Crippen molar-refractivity contribution >= 4 is 29.7 Å². The number of anilines is 1. The van der Waals surface area contributed by atoms with E-state index >= 15 is 0 Å². The number of fused-ring (bicyclic) bond motifs is 3. The van der Waals surface area contributed by atoms with E-state index in [2.05, 4.69) is 4.74 Å². The third-order valence-corrected chi connectivity index (χ3v) is 5.66. The van der Waals surface area contributed by atoms with Crippen LogP contribution in [0.3, 0.4) is 0 Å². The molecule has 1 aromatic rings. The van der Waals surface area contributed by atoms with Crippen LogP contribution in [0.25, 0.3) is 5.57 Å². The van der Waals surface area contributed by atoms with Crippen molar-refractivity contribution in [2.45, 2.75) is 37.8 Å². The monoisotopic (exact) mass is 388 g/mol. The normalized spacial score (nSPS) is 23.1. The van der Waals surface area contributed by atoms with Crippen molar-refractivity contribution in [1.29, 1.82) is 0 Å². The molecule has 4 rings (SSSR count). The molecule has 0 N–H and O–H groups in total. The minimum absolute atomic E-state index is 0.162. The van der Waals surface area contributed by atoms with Gasteiger partial charge in [-0.15, -0.1) is 0 Å². The van der Waals surface area contributed by atoms with Gasteiger partial charge in [0.25, 0.3) is 0 Å². The molecule has 3 heterocycles. The number of methoxy groups -OCH3 is 1. The van der Waals surface area contributed by atoms with E-state index in [1.54, 1.807) is 11.0 Å². The van der Waals surface area contributed by atoms with Crippen LogP contribution in [0, 0.1) is 5.82 Å². The van der Waals surface area contributed by atoms with Crippen molar-refractivity contribution in [1.82, 2.24) is 4.90 Å². The molecule has 0 radical (unpaired) electrons. The lowest BCUT2D eigenvalue weighted by Gasteiger charge is -2.23. The Hall–Kier alpha value is -2.90. The SMILES string of the molecule is COC(=O)CC[C@@H]1OC(=O)N2c3cc(F)c(C4=CCN(C=O)CC4)cc3C[C@@H]12. The van der Waals surface area contributed by atoms with E-state index in [-0.39, 0.29) is 18.4 Å². The van der Waals surface area contributed by atoms with Crippen LogP contribution in [-0.2, 0) is 25.5 Å². The molecule has 0 bridgehead atoms. The zero-order chi connectivity index (χ0) is 19.8. The minimum atomic E-state index is -0.510. The van der Waals surface area contributed by atoms with Gasteiger partial charge in [0, 0.05) is 25.1 Å².